The SMILES string of the molecule is C.CC(C)(C)Cc1ncccn1.Cc1cnc(CC(C)(C)C)nc1. The fourth-order valence-corrected chi connectivity index (χ4v) is 1.88. The predicted molar refractivity (Wildman–Crippen MR) is 102 cm³/mol. The minimum Gasteiger partial charge on any atom is -0.241 e. The number of rotatable bonds is 2. The molecule has 0 amide bonds. The van der Waals surface area contributed by atoms with E-state index in [9.17, 15) is 0 Å². The lowest BCUT2D eigenvalue weighted by Crippen LogP contribution is -2.11. The van der Waals surface area contributed by atoms with Gasteiger partial charge in [0, 0.05) is 37.6 Å². The fraction of sp³-hybridized carbons (Fsp3) is 0.600. The molecule has 0 atom stereocenters. The molecule has 0 saturated carbocycles. The van der Waals surface area contributed by atoms with Crippen LogP contribution in [0.1, 0.15) is 66.2 Å². The van der Waals surface area contributed by atoms with Crippen molar-refractivity contribution in [2.45, 2.75) is 68.7 Å². The highest BCUT2D eigenvalue weighted by atomic mass is 14.9. The Kier molecular flexibility index (Phi) is 8.73. The van der Waals surface area contributed by atoms with Crippen LogP contribution < -0.4 is 0 Å². The first kappa shape index (κ1) is 22.2. The van der Waals surface area contributed by atoms with Gasteiger partial charge < -0.3 is 0 Å². The molecule has 0 aliphatic rings. The second kappa shape index (κ2) is 9.45. The van der Waals surface area contributed by atoms with Crippen molar-refractivity contribution in [3.05, 3.63) is 48.1 Å². The van der Waals surface area contributed by atoms with Gasteiger partial charge in [-0.05, 0) is 29.4 Å². The van der Waals surface area contributed by atoms with Gasteiger partial charge in [0.25, 0.3) is 0 Å². The lowest BCUT2D eigenvalue weighted by molar-refractivity contribution is 0.400. The molecule has 24 heavy (non-hydrogen) atoms. The number of hydrogen-bond acceptors (Lipinski definition) is 4. The summed E-state index contributed by atoms with van der Waals surface area (Å²) in [5.41, 5.74) is 1.67. The van der Waals surface area contributed by atoms with Crippen LogP contribution in [0.2, 0.25) is 0 Å². The van der Waals surface area contributed by atoms with Crippen molar-refractivity contribution < 1.29 is 0 Å². The van der Waals surface area contributed by atoms with Gasteiger partial charge in [0.15, 0.2) is 0 Å². The van der Waals surface area contributed by atoms with E-state index in [1.54, 1.807) is 12.4 Å². The number of aryl methyl sites for hydroxylation is 1. The second-order valence-corrected chi connectivity index (χ2v) is 8.32. The number of hydrogen-bond donors (Lipinski definition) is 0. The lowest BCUT2D eigenvalue weighted by Gasteiger charge is -2.16. The summed E-state index contributed by atoms with van der Waals surface area (Å²) in [4.78, 5) is 16.8. The molecule has 0 saturated heterocycles. The van der Waals surface area contributed by atoms with E-state index in [-0.39, 0.29) is 18.3 Å². The Morgan fingerprint density at radius 1 is 0.708 bits per heavy atom. The molecule has 2 aromatic heterocycles. The molecule has 4 nitrogen and oxygen atoms in total. The molecule has 0 fully saturated rings. The van der Waals surface area contributed by atoms with Crippen molar-refractivity contribution in [1.29, 1.82) is 0 Å². The molecule has 134 valence electrons. The maximum absolute atomic E-state index is 4.25. The van der Waals surface area contributed by atoms with Gasteiger partial charge in [-0.2, -0.15) is 0 Å². The molecule has 0 spiro atoms. The molecule has 0 radical (unpaired) electrons. The van der Waals surface area contributed by atoms with Crippen molar-refractivity contribution in [2.75, 3.05) is 0 Å². The molecule has 0 aromatic carbocycles. The second-order valence-electron chi connectivity index (χ2n) is 8.32. The van der Waals surface area contributed by atoms with Gasteiger partial charge in [0.05, 0.1) is 0 Å². The lowest BCUT2D eigenvalue weighted by atomic mass is 9.92. The highest BCUT2D eigenvalue weighted by Gasteiger charge is 2.13. The molecule has 0 aliphatic carbocycles. The van der Waals surface area contributed by atoms with Crippen LogP contribution in [0.5, 0.6) is 0 Å². The van der Waals surface area contributed by atoms with Crippen LogP contribution in [0, 0.1) is 17.8 Å². The largest absolute Gasteiger partial charge is 0.241 e. The van der Waals surface area contributed by atoms with Crippen LogP contribution in [0.3, 0.4) is 0 Å². The van der Waals surface area contributed by atoms with Crippen molar-refractivity contribution in [2.24, 2.45) is 10.8 Å². The van der Waals surface area contributed by atoms with Crippen molar-refractivity contribution in [1.82, 2.24) is 19.9 Å². The summed E-state index contributed by atoms with van der Waals surface area (Å²) in [6.45, 7) is 15.1. The smallest absolute Gasteiger partial charge is 0.128 e. The molecule has 4 heteroatoms. The molecule has 2 aromatic rings. The topological polar surface area (TPSA) is 51.6 Å². The van der Waals surface area contributed by atoms with E-state index in [1.807, 2.05) is 25.4 Å². The van der Waals surface area contributed by atoms with Crippen LogP contribution in [0.4, 0.5) is 0 Å². The highest BCUT2D eigenvalue weighted by Crippen LogP contribution is 2.18. The molecule has 0 bridgehead atoms. The van der Waals surface area contributed by atoms with E-state index in [0.717, 1.165) is 30.1 Å². The van der Waals surface area contributed by atoms with E-state index in [4.69, 9.17) is 0 Å². The van der Waals surface area contributed by atoms with E-state index in [0.29, 0.717) is 0 Å². The standard InChI is InChI=1S/C10H16N2.C9H14N2.CH4/c1-8-6-11-9(12-7-8)5-10(2,3)4;1-9(2,3)7-8-10-5-4-6-11-8;/h6-7H,5H2,1-4H3;4-6H,7H2,1-3H3;1H4. The Morgan fingerprint density at radius 3 is 1.46 bits per heavy atom. The summed E-state index contributed by atoms with van der Waals surface area (Å²) in [6.07, 6.45) is 9.19. The molecule has 0 unspecified atom stereocenters. The van der Waals surface area contributed by atoms with Gasteiger partial charge in [-0.1, -0.05) is 49.0 Å². The van der Waals surface area contributed by atoms with Gasteiger partial charge in [0.2, 0.25) is 0 Å². The molecule has 0 N–H and O–H groups in total. The van der Waals surface area contributed by atoms with Gasteiger partial charge in [-0.3, -0.25) is 0 Å². The molecule has 0 aliphatic heterocycles. The highest BCUT2D eigenvalue weighted by molar-refractivity contribution is 5.02. The molecule has 2 heterocycles. The number of nitrogens with zero attached hydrogens (tertiary/aromatic N) is 4. The van der Waals surface area contributed by atoms with Gasteiger partial charge in [-0.15, -0.1) is 0 Å². The summed E-state index contributed by atoms with van der Waals surface area (Å²) >= 11 is 0. The Labute approximate surface area is 148 Å². The first-order chi connectivity index (χ1) is 10.6. The first-order valence-corrected chi connectivity index (χ1v) is 8.09. The number of aromatic nitrogens is 4. The van der Waals surface area contributed by atoms with Crippen LogP contribution in [0.25, 0.3) is 0 Å². The maximum atomic E-state index is 4.25. The zero-order valence-electron chi connectivity index (χ0n) is 15.6. The quantitative estimate of drug-likeness (QED) is 0.771. The molecule has 2 rings (SSSR count). The van der Waals surface area contributed by atoms with Crippen molar-refractivity contribution in [3.8, 4) is 0 Å². The summed E-state index contributed by atoms with van der Waals surface area (Å²) < 4.78 is 0. The molecular formula is C20H34N4. The van der Waals surface area contributed by atoms with E-state index in [2.05, 4.69) is 61.5 Å². The minimum atomic E-state index is 0. The summed E-state index contributed by atoms with van der Waals surface area (Å²) in [6, 6.07) is 1.84. The van der Waals surface area contributed by atoms with Gasteiger partial charge in [0.1, 0.15) is 11.6 Å². The third-order valence-corrected chi connectivity index (χ3v) is 2.83. The Hall–Kier alpha value is -1.84. The van der Waals surface area contributed by atoms with Crippen molar-refractivity contribution >= 4 is 0 Å². The predicted octanol–water partition coefficient (Wildman–Crippen LogP) is 5.07. The van der Waals surface area contributed by atoms with E-state index >= 15 is 0 Å². The van der Waals surface area contributed by atoms with Crippen LogP contribution in [-0.4, -0.2) is 19.9 Å². The average molecular weight is 331 g/mol. The Balaban J connectivity index is 0.000000425. The van der Waals surface area contributed by atoms with Crippen molar-refractivity contribution in [3.63, 3.8) is 0 Å². The van der Waals surface area contributed by atoms with E-state index in [1.165, 1.54) is 0 Å². The van der Waals surface area contributed by atoms with Crippen LogP contribution in [0.15, 0.2) is 30.9 Å². The minimum absolute atomic E-state index is 0. The third kappa shape index (κ3) is 10.8. The zero-order valence-corrected chi connectivity index (χ0v) is 15.6. The van der Waals surface area contributed by atoms with Gasteiger partial charge in [-0.25, -0.2) is 19.9 Å². The normalized spacial score (nSPS) is 11.1. The average Bonchev–Trinajstić information content (AvgIpc) is 2.40. The monoisotopic (exact) mass is 330 g/mol. The zero-order chi connectivity index (χ0) is 17.5. The summed E-state index contributed by atoms with van der Waals surface area (Å²) in [5.74, 6) is 1.87. The maximum Gasteiger partial charge on any atom is 0.128 e. The fourth-order valence-electron chi connectivity index (χ4n) is 1.88. The van der Waals surface area contributed by atoms with Crippen LogP contribution >= 0.6 is 0 Å². The first-order valence-electron chi connectivity index (χ1n) is 8.09. The van der Waals surface area contributed by atoms with E-state index < -0.39 is 0 Å². The Bertz CT molecular complexity index is 563. The summed E-state index contributed by atoms with van der Waals surface area (Å²) in [7, 11) is 0. The summed E-state index contributed by atoms with van der Waals surface area (Å²) in [5, 5.41) is 0. The van der Waals surface area contributed by atoms with Gasteiger partial charge >= 0.3 is 0 Å². The Morgan fingerprint density at radius 2 is 1.08 bits per heavy atom. The molecular weight excluding hydrogens is 296 g/mol. The third-order valence-electron chi connectivity index (χ3n) is 2.83. The van der Waals surface area contributed by atoms with Crippen LogP contribution in [-0.2, 0) is 12.8 Å².